The number of aromatic nitrogens is 1. The summed E-state index contributed by atoms with van der Waals surface area (Å²) in [5, 5.41) is 3.14. The first-order chi connectivity index (χ1) is 12.0. The van der Waals surface area contributed by atoms with Crippen LogP contribution in [0.2, 0.25) is 0 Å². The van der Waals surface area contributed by atoms with E-state index >= 15 is 0 Å². The van der Waals surface area contributed by atoms with Crippen LogP contribution in [-0.4, -0.2) is 62.9 Å². The van der Waals surface area contributed by atoms with Gasteiger partial charge in [-0.25, -0.2) is 13.4 Å². The van der Waals surface area contributed by atoms with Gasteiger partial charge in [-0.05, 0) is 31.3 Å². The molecule has 25 heavy (non-hydrogen) atoms. The Kier molecular flexibility index (Phi) is 5.22. The number of likely N-dealkylation sites (N-methyl/N-ethyl adjacent to an activating group) is 1. The van der Waals surface area contributed by atoms with Crippen molar-refractivity contribution in [1.82, 2.24) is 14.2 Å². The van der Waals surface area contributed by atoms with Gasteiger partial charge in [0.2, 0.25) is 10.0 Å². The van der Waals surface area contributed by atoms with E-state index in [9.17, 15) is 8.42 Å². The number of pyridine rings is 1. The van der Waals surface area contributed by atoms with Crippen LogP contribution in [0.1, 0.15) is 0 Å². The number of nitrogens with one attached hydrogen (secondary N) is 1. The third-order valence-corrected chi connectivity index (χ3v) is 6.09. The standard InChI is InChI=1S/C17H22N4O3S/c1-20-9-11-21(12-10-20)25(22,23)14-7-8-17(18-13-14)19-15-5-3-4-6-16(15)24-2/h3-8,13H,9-12H2,1-2H3,(H,18,19). The third kappa shape index (κ3) is 3.92. The summed E-state index contributed by atoms with van der Waals surface area (Å²) in [6.45, 7) is 2.47. The molecular weight excluding hydrogens is 340 g/mol. The number of hydrogen-bond acceptors (Lipinski definition) is 6. The molecule has 8 heteroatoms. The summed E-state index contributed by atoms with van der Waals surface area (Å²) in [7, 11) is 0.0906. The molecule has 1 aromatic heterocycles. The van der Waals surface area contributed by atoms with Crippen LogP contribution in [-0.2, 0) is 10.0 Å². The molecule has 134 valence electrons. The molecule has 0 amide bonds. The first kappa shape index (κ1) is 17.7. The molecule has 0 aliphatic carbocycles. The van der Waals surface area contributed by atoms with Crippen molar-refractivity contribution in [1.29, 1.82) is 0 Å². The fraction of sp³-hybridized carbons (Fsp3) is 0.353. The lowest BCUT2D eigenvalue weighted by Crippen LogP contribution is -2.47. The SMILES string of the molecule is COc1ccccc1Nc1ccc(S(=O)(=O)N2CCN(C)CC2)cn1. The molecule has 1 N–H and O–H groups in total. The zero-order valence-corrected chi connectivity index (χ0v) is 15.2. The first-order valence-corrected chi connectivity index (χ1v) is 9.49. The summed E-state index contributed by atoms with van der Waals surface area (Å²) < 4.78 is 32.2. The Balaban J connectivity index is 1.75. The molecular formula is C17H22N4O3S. The van der Waals surface area contributed by atoms with Crippen molar-refractivity contribution in [2.75, 3.05) is 45.7 Å². The van der Waals surface area contributed by atoms with E-state index in [4.69, 9.17) is 4.74 Å². The highest BCUT2D eigenvalue weighted by atomic mass is 32.2. The lowest BCUT2D eigenvalue weighted by atomic mass is 10.3. The molecule has 0 saturated carbocycles. The number of anilines is 2. The number of methoxy groups -OCH3 is 1. The summed E-state index contributed by atoms with van der Waals surface area (Å²) in [5.74, 6) is 1.25. The van der Waals surface area contributed by atoms with E-state index in [0.717, 1.165) is 18.8 Å². The molecule has 3 rings (SSSR count). The number of hydrogen-bond donors (Lipinski definition) is 1. The second-order valence-corrected chi connectivity index (χ2v) is 7.85. The molecule has 1 aliphatic rings. The Morgan fingerprint density at radius 1 is 1.08 bits per heavy atom. The fourth-order valence-corrected chi connectivity index (χ4v) is 4.04. The number of rotatable bonds is 5. The second-order valence-electron chi connectivity index (χ2n) is 5.91. The fourth-order valence-electron chi connectivity index (χ4n) is 2.67. The van der Waals surface area contributed by atoms with Crippen LogP contribution in [0.15, 0.2) is 47.5 Å². The molecule has 7 nitrogen and oxygen atoms in total. The molecule has 2 aromatic rings. The zero-order valence-electron chi connectivity index (χ0n) is 14.3. The molecule has 1 aliphatic heterocycles. The van der Waals surface area contributed by atoms with Crippen molar-refractivity contribution in [3.05, 3.63) is 42.6 Å². The summed E-state index contributed by atoms with van der Waals surface area (Å²) in [5.41, 5.74) is 0.771. The molecule has 1 saturated heterocycles. The maximum atomic E-state index is 12.7. The highest BCUT2D eigenvalue weighted by Gasteiger charge is 2.27. The van der Waals surface area contributed by atoms with Crippen LogP contribution in [0.25, 0.3) is 0 Å². The van der Waals surface area contributed by atoms with Gasteiger partial charge in [0.25, 0.3) is 0 Å². The quantitative estimate of drug-likeness (QED) is 0.874. The summed E-state index contributed by atoms with van der Waals surface area (Å²) >= 11 is 0. The predicted molar refractivity (Wildman–Crippen MR) is 96.8 cm³/mol. The van der Waals surface area contributed by atoms with Gasteiger partial charge in [0.05, 0.1) is 12.8 Å². The minimum Gasteiger partial charge on any atom is -0.495 e. The largest absolute Gasteiger partial charge is 0.495 e. The van der Waals surface area contributed by atoms with E-state index in [2.05, 4.69) is 15.2 Å². The average molecular weight is 362 g/mol. The number of sulfonamides is 1. The number of nitrogens with zero attached hydrogens (tertiary/aromatic N) is 3. The van der Waals surface area contributed by atoms with E-state index < -0.39 is 10.0 Å². The van der Waals surface area contributed by atoms with Crippen molar-refractivity contribution in [3.8, 4) is 5.75 Å². The van der Waals surface area contributed by atoms with Crippen molar-refractivity contribution in [2.45, 2.75) is 4.90 Å². The van der Waals surface area contributed by atoms with Crippen LogP contribution in [0.5, 0.6) is 5.75 Å². The van der Waals surface area contributed by atoms with Gasteiger partial charge < -0.3 is 15.0 Å². The molecule has 0 radical (unpaired) electrons. The van der Waals surface area contributed by atoms with Gasteiger partial charge in [-0.3, -0.25) is 0 Å². The van der Waals surface area contributed by atoms with E-state index in [1.807, 2.05) is 31.3 Å². The molecule has 0 bridgehead atoms. The number of piperazine rings is 1. The van der Waals surface area contributed by atoms with Gasteiger partial charge in [-0.15, -0.1) is 0 Å². The minimum absolute atomic E-state index is 0.211. The van der Waals surface area contributed by atoms with Gasteiger partial charge in [0.1, 0.15) is 16.5 Å². The van der Waals surface area contributed by atoms with Crippen LogP contribution in [0.4, 0.5) is 11.5 Å². The minimum atomic E-state index is -3.50. The van der Waals surface area contributed by atoms with E-state index in [1.54, 1.807) is 19.2 Å². The van der Waals surface area contributed by atoms with Crippen molar-refractivity contribution >= 4 is 21.5 Å². The van der Waals surface area contributed by atoms with Crippen LogP contribution in [0.3, 0.4) is 0 Å². The normalized spacial score (nSPS) is 16.6. The number of benzene rings is 1. The highest BCUT2D eigenvalue weighted by molar-refractivity contribution is 7.89. The first-order valence-electron chi connectivity index (χ1n) is 8.05. The van der Waals surface area contributed by atoms with Gasteiger partial charge in [-0.1, -0.05) is 12.1 Å². The van der Waals surface area contributed by atoms with E-state index in [-0.39, 0.29) is 4.90 Å². The second kappa shape index (κ2) is 7.38. The van der Waals surface area contributed by atoms with E-state index in [0.29, 0.717) is 24.7 Å². The summed E-state index contributed by atoms with van der Waals surface area (Å²) in [6.07, 6.45) is 1.39. The Bertz CT molecular complexity index is 816. The van der Waals surface area contributed by atoms with Crippen molar-refractivity contribution in [3.63, 3.8) is 0 Å². The lowest BCUT2D eigenvalue weighted by molar-refractivity contribution is 0.222. The molecule has 0 unspecified atom stereocenters. The molecule has 1 fully saturated rings. The summed E-state index contributed by atoms with van der Waals surface area (Å²) in [4.78, 5) is 6.57. The summed E-state index contributed by atoms with van der Waals surface area (Å²) in [6, 6.07) is 10.7. The maximum absolute atomic E-state index is 12.7. The number of para-hydroxylation sites is 2. The maximum Gasteiger partial charge on any atom is 0.244 e. The Hall–Kier alpha value is -2.16. The third-order valence-electron chi connectivity index (χ3n) is 4.21. The van der Waals surface area contributed by atoms with Crippen molar-refractivity contribution < 1.29 is 13.2 Å². The van der Waals surface area contributed by atoms with Gasteiger partial charge in [0.15, 0.2) is 0 Å². The highest BCUT2D eigenvalue weighted by Crippen LogP contribution is 2.26. The van der Waals surface area contributed by atoms with Gasteiger partial charge in [0, 0.05) is 32.4 Å². The number of ether oxygens (including phenoxy) is 1. The topological polar surface area (TPSA) is 74.8 Å². The Labute approximate surface area is 148 Å². The van der Waals surface area contributed by atoms with E-state index in [1.165, 1.54) is 10.5 Å². The molecule has 0 spiro atoms. The Morgan fingerprint density at radius 2 is 1.80 bits per heavy atom. The average Bonchev–Trinajstić information content (AvgIpc) is 2.63. The zero-order chi connectivity index (χ0) is 17.9. The molecule has 1 aromatic carbocycles. The molecule has 2 heterocycles. The van der Waals surface area contributed by atoms with Crippen LogP contribution >= 0.6 is 0 Å². The lowest BCUT2D eigenvalue weighted by Gasteiger charge is -2.31. The Morgan fingerprint density at radius 3 is 2.44 bits per heavy atom. The molecule has 0 atom stereocenters. The monoisotopic (exact) mass is 362 g/mol. The smallest absolute Gasteiger partial charge is 0.244 e. The predicted octanol–water partition coefficient (Wildman–Crippen LogP) is 1.77. The van der Waals surface area contributed by atoms with Gasteiger partial charge in [-0.2, -0.15) is 4.31 Å². The van der Waals surface area contributed by atoms with Crippen LogP contribution < -0.4 is 10.1 Å². The van der Waals surface area contributed by atoms with Crippen molar-refractivity contribution in [2.24, 2.45) is 0 Å². The van der Waals surface area contributed by atoms with Crippen LogP contribution in [0, 0.1) is 0 Å². The van der Waals surface area contributed by atoms with Gasteiger partial charge >= 0.3 is 0 Å².